The van der Waals surface area contributed by atoms with Gasteiger partial charge in [-0.25, -0.2) is 4.98 Å². The molecular weight excluding hydrogens is 326 g/mol. The molecule has 0 radical (unpaired) electrons. The van der Waals surface area contributed by atoms with Gasteiger partial charge in [-0.05, 0) is 38.2 Å². The van der Waals surface area contributed by atoms with E-state index in [1.807, 2.05) is 6.92 Å². The molecule has 1 atom stereocenters. The van der Waals surface area contributed by atoms with Gasteiger partial charge in [-0.15, -0.1) is 11.3 Å². The Bertz CT molecular complexity index is 796. The Morgan fingerprint density at radius 2 is 2.25 bits per heavy atom. The molecule has 3 rings (SSSR count). The third kappa shape index (κ3) is 3.52. The van der Waals surface area contributed by atoms with Crippen molar-refractivity contribution >= 4 is 27.5 Å². The number of aromatic nitrogens is 2. The number of ether oxygens (including phenoxy) is 1. The molecule has 0 fully saturated rings. The van der Waals surface area contributed by atoms with Crippen molar-refractivity contribution in [2.24, 2.45) is 0 Å². The van der Waals surface area contributed by atoms with Gasteiger partial charge in [0.25, 0.3) is 5.56 Å². The maximum atomic E-state index is 12.8. The van der Waals surface area contributed by atoms with Crippen LogP contribution in [0.25, 0.3) is 10.2 Å². The van der Waals surface area contributed by atoms with Crippen LogP contribution in [-0.4, -0.2) is 35.2 Å². The zero-order chi connectivity index (χ0) is 17.1. The number of amides is 1. The fraction of sp³-hybridized carbons (Fsp3) is 0.588. The predicted molar refractivity (Wildman–Crippen MR) is 94.6 cm³/mol. The number of methoxy groups -OCH3 is 1. The van der Waals surface area contributed by atoms with Gasteiger partial charge in [-0.2, -0.15) is 0 Å². The summed E-state index contributed by atoms with van der Waals surface area (Å²) in [6.07, 6.45) is 6.16. The van der Waals surface area contributed by atoms with Crippen molar-refractivity contribution in [1.29, 1.82) is 0 Å². The summed E-state index contributed by atoms with van der Waals surface area (Å²) in [5, 5.41) is 3.62. The Labute approximate surface area is 144 Å². The van der Waals surface area contributed by atoms with Gasteiger partial charge in [0, 0.05) is 31.0 Å². The van der Waals surface area contributed by atoms with Gasteiger partial charge in [0.2, 0.25) is 5.91 Å². The molecule has 0 saturated heterocycles. The number of thiophene rings is 1. The van der Waals surface area contributed by atoms with Crippen molar-refractivity contribution in [2.45, 2.75) is 51.6 Å². The van der Waals surface area contributed by atoms with Crippen molar-refractivity contribution in [3.63, 3.8) is 0 Å². The average Bonchev–Trinajstić information content (AvgIpc) is 2.93. The van der Waals surface area contributed by atoms with E-state index in [0.717, 1.165) is 29.5 Å². The Morgan fingerprint density at radius 3 is 3.04 bits per heavy atom. The quantitative estimate of drug-likeness (QED) is 0.864. The third-order valence-corrected chi connectivity index (χ3v) is 5.55. The van der Waals surface area contributed by atoms with Crippen LogP contribution in [0.4, 0.5) is 0 Å². The number of carbonyl (C=O) groups is 1. The number of nitrogens with zero attached hydrogens (tertiary/aromatic N) is 2. The van der Waals surface area contributed by atoms with Gasteiger partial charge in [0.05, 0.1) is 18.3 Å². The van der Waals surface area contributed by atoms with Crippen LogP contribution in [0.15, 0.2) is 11.1 Å². The van der Waals surface area contributed by atoms with E-state index in [1.165, 1.54) is 16.9 Å². The van der Waals surface area contributed by atoms with Gasteiger partial charge >= 0.3 is 0 Å². The summed E-state index contributed by atoms with van der Waals surface area (Å²) < 4.78 is 6.56. The normalized spacial score (nSPS) is 15.2. The molecule has 1 N–H and O–H groups in total. The fourth-order valence-corrected chi connectivity index (χ4v) is 4.42. The molecule has 2 aromatic rings. The molecule has 0 bridgehead atoms. The van der Waals surface area contributed by atoms with Crippen LogP contribution in [-0.2, 0) is 28.9 Å². The van der Waals surface area contributed by atoms with Crippen molar-refractivity contribution in [3.05, 3.63) is 27.1 Å². The lowest BCUT2D eigenvalue weighted by Crippen LogP contribution is -2.36. The lowest BCUT2D eigenvalue weighted by molar-refractivity contribution is -0.122. The van der Waals surface area contributed by atoms with E-state index in [4.69, 9.17) is 4.74 Å². The minimum absolute atomic E-state index is 0.0165. The van der Waals surface area contributed by atoms with Crippen LogP contribution in [0.5, 0.6) is 0 Å². The maximum Gasteiger partial charge on any atom is 0.262 e. The smallest absolute Gasteiger partial charge is 0.262 e. The first-order valence-electron chi connectivity index (χ1n) is 8.38. The second-order valence-corrected chi connectivity index (χ2v) is 7.39. The van der Waals surface area contributed by atoms with E-state index in [0.29, 0.717) is 13.2 Å². The van der Waals surface area contributed by atoms with E-state index in [2.05, 4.69) is 10.3 Å². The second kappa shape index (κ2) is 7.44. The number of carbonyl (C=O) groups excluding carboxylic acids is 1. The number of fused-ring (bicyclic) bond motifs is 3. The van der Waals surface area contributed by atoms with Crippen molar-refractivity contribution < 1.29 is 9.53 Å². The molecule has 7 heteroatoms. The summed E-state index contributed by atoms with van der Waals surface area (Å²) in [5.41, 5.74) is 1.17. The average molecular weight is 349 g/mol. The molecule has 0 saturated carbocycles. The number of rotatable bonds is 6. The monoisotopic (exact) mass is 349 g/mol. The summed E-state index contributed by atoms with van der Waals surface area (Å²) in [5.74, 6) is -0.0844. The van der Waals surface area contributed by atoms with Crippen molar-refractivity contribution in [1.82, 2.24) is 14.9 Å². The van der Waals surface area contributed by atoms with Gasteiger partial charge in [-0.3, -0.25) is 14.2 Å². The van der Waals surface area contributed by atoms with E-state index < -0.39 is 0 Å². The van der Waals surface area contributed by atoms with E-state index in [9.17, 15) is 9.59 Å². The minimum Gasteiger partial charge on any atom is -0.383 e. The van der Waals surface area contributed by atoms with Crippen LogP contribution in [0, 0.1) is 0 Å². The zero-order valence-corrected chi connectivity index (χ0v) is 14.9. The summed E-state index contributed by atoms with van der Waals surface area (Å²) >= 11 is 1.64. The molecule has 1 amide bonds. The van der Waals surface area contributed by atoms with Gasteiger partial charge in [-0.1, -0.05) is 0 Å². The number of nitrogens with one attached hydrogen (secondary N) is 1. The number of hydrogen-bond donors (Lipinski definition) is 1. The van der Waals surface area contributed by atoms with Crippen molar-refractivity contribution in [3.8, 4) is 0 Å². The molecule has 130 valence electrons. The first-order chi connectivity index (χ1) is 11.6. The number of aryl methyl sites for hydroxylation is 3. The molecule has 24 heavy (non-hydrogen) atoms. The van der Waals surface area contributed by atoms with Crippen LogP contribution < -0.4 is 10.9 Å². The number of hydrogen-bond acceptors (Lipinski definition) is 5. The van der Waals surface area contributed by atoms with Crippen LogP contribution in [0.1, 0.15) is 36.6 Å². The summed E-state index contributed by atoms with van der Waals surface area (Å²) in [7, 11) is 1.60. The SMILES string of the molecule is COC[C@H](C)NC(=O)CCn1cnc2sc3c(c2c1=O)CCCC3. The van der Waals surface area contributed by atoms with E-state index in [1.54, 1.807) is 29.3 Å². The van der Waals surface area contributed by atoms with Crippen molar-refractivity contribution in [2.75, 3.05) is 13.7 Å². The summed E-state index contributed by atoms with van der Waals surface area (Å²) in [6.45, 7) is 2.71. The van der Waals surface area contributed by atoms with Crippen LogP contribution in [0.3, 0.4) is 0 Å². The molecule has 2 heterocycles. The highest BCUT2D eigenvalue weighted by atomic mass is 32.1. The van der Waals surface area contributed by atoms with E-state index >= 15 is 0 Å². The molecular formula is C17H23N3O3S. The molecule has 0 aliphatic heterocycles. The first kappa shape index (κ1) is 17.1. The lowest BCUT2D eigenvalue weighted by Gasteiger charge is -2.13. The Balaban J connectivity index is 1.75. The topological polar surface area (TPSA) is 73.2 Å². The highest BCUT2D eigenvalue weighted by molar-refractivity contribution is 7.18. The van der Waals surface area contributed by atoms with E-state index in [-0.39, 0.29) is 23.9 Å². The van der Waals surface area contributed by atoms with Gasteiger partial charge < -0.3 is 10.1 Å². The first-order valence-corrected chi connectivity index (χ1v) is 9.19. The highest BCUT2D eigenvalue weighted by Gasteiger charge is 2.20. The molecule has 0 aromatic carbocycles. The zero-order valence-electron chi connectivity index (χ0n) is 14.1. The van der Waals surface area contributed by atoms with Crippen LogP contribution >= 0.6 is 11.3 Å². The highest BCUT2D eigenvalue weighted by Crippen LogP contribution is 2.33. The minimum atomic E-state index is -0.0844. The predicted octanol–water partition coefficient (Wildman–Crippen LogP) is 1.88. The molecule has 1 aliphatic rings. The molecule has 2 aromatic heterocycles. The Morgan fingerprint density at radius 1 is 1.46 bits per heavy atom. The standard InChI is InChI=1S/C17H23N3O3S/c1-11(9-23-2)19-14(21)7-8-20-10-18-16-15(17(20)22)12-5-3-4-6-13(12)24-16/h10-11H,3-9H2,1-2H3,(H,19,21)/t11-/m0/s1. The largest absolute Gasteiger partial charge is 0.383 e. The van der Waals surface area contributed by atoms with Crippen LogP contribution in [0.2, 0.25) is 0 Å². The fourth-order valence-electron chi connectivity index (χ4n) is 3.20. The molecule has 1 aliphatic carbocycles. The third-order valence-electron chi connectivity index (χ3n) is 4.35. The Hall–Kier alpha value is -1.73. The summed E-state index contributed by atoms with van der Waals surface area (Å²) in [6, 6.07) is -0.0382. The molecule has 0 spiro atoms. The molecule has 6 nitrogen and oxygen atoms in total. The summed E-state index contributed by atoms with van der Waals surface area (Å²) in [4.78, 5) is 31.3. The lowest BCUT2D eigenvalue weighted by atomic mass is 9.97. The second-order valence-electron chi connectivity index (χ2n) is 6.31. The molecule has 0 unspecified atom stereocenters. The van der Waals surface area contributed by atoms with Gasteiger partial charge in [0.15, 0.2) is 0 Å². The maximum absolute atomic E-state index is 12.8. The van der Waals surface area contributed by atoms with Gasteiger partial charge in [0.1, 0.15) is 4.83 Å². The Kier molecular flexibility index (Phi) is 5.30.